The third-order valence-corrected chi connectivity index (χ3v) is 3.62. The molecule has 0 unspecified atom stereocenters. The summed E-state index contributed by atoms with van der Waals surface area (Å²) < 4.78 is 25.9. The molecule has 7 heteroatoms. The molecule has 0 bridgehead atoms. The van der Waals surface area contributed by atoms with E-state index in [2.05, 4.69) is 16.0 Å². The van der Waals surface area contributed by atoms with E-state index < -0.39 is 17.5 Å². The van der Waals surface area contributed by atoms with Crippen LogP contribution in [-0.4, -0.2) is 17.6 Å². The van der Waals surface area contributed by atoms with Crippen molar-refractivity contribution in [3.05, 3.63) is 59.2 Å². The Morgan fingerprint density at radius 1 is 0.958 bits per heavy atom. The predicted molar refractivity (Wildman–Crippen MR) is 95.1 cm³/mol. The highest BCUT2D eigenvalue weighted by Gasteiger charge is 2.07. The molecule has 24 heavy (non-hydrogen) atoms. The maximum absolute atomic E-state index is 13.1. The molecule has 4 nitrogen and oxygen atoms in total. The Morgan fingerprint density at radius 2 is 1.62 bits per heavy atom. The minimum absolute atomic E-state index is 0.102. The summed E-state index contributed by atoms with van der Waals surface area (Å²) in [6.45, 7) is 3.90. The molecule has 126 valence electrons. The van der Waals surface area contributed by atoms with Crippen LogP contribution in [0.3, 0.4) is 0 Å². The van der Waals surface area contributed by atoms with E-state index >= 15 is 0 Å². The van der Waals surface area contributed by atoms with E-state index in [1.807, 2.05) is 32.0 Å². The normalized spacial score (nSPS) is 10.2. The Hall–Kier alpha value is -2.54. The van der Waals surface area contributed by atoms with Crippen LogP contribution in [0.4, 0.5) is 20.2 Å². The molecule has 2 rings (SSSR count). The Morgan fingerprint density at radius 3 is 2.29 bits per heavy atom. The van der Waals surface area contributed by atoms with Crippen molar-refractivity contribution in [1.82, 2.24) is 5.32 Å². The van der Waals surface area contributed by atoms with Gasteiger partial charge in [0.25, 0.3) is 0 Å². The molecule has 1 amide bonds. The van der Waals surface area contributed by atoms with Gasteiger partial charge in [-0.1, -0.05) is 6.07 Å². The molecule has 0 spiro atoms. The van der Waals surface area contributed by atoms with Gasteiger partial charge in [-0.25, -0.2) is 8.78 Å². The number of carbonyl (C=O) groups excluding carboxylic acids is 1. The number of rotatable bonds is 4. The van der Waals surface area contributed by atoms with Crippen molar-refractivity contribution in [2.24, 2.45) is 0 Å². The number of benzene rings is 2. The molecule has 2 aromatic carbocycles. The summed E-state index contributed by atoms with van der Waals surface area (Å²) in [6.07, 6.45) is 0. The monoisotopic (exact) mass is 349 g/mol. The number of aryl methyl sites for hydroxylation is 2. The molecule has 0 heterocycles. The number of hydrogen-bond donors (Lipinski definition) is 3. The number of nitrogens with one attached hydrogen (secondary N) is 3. The maximum atomic E-state index is 13.1. The quantitative estimate of drug-likeness (QED) is 0.740. The van der Waals surface area contributed by atoms with Crippen molar-refractivity contribution in [3.8, 4) is 0 Å². The molecule has 3 N–H and O–H groups in total. The second-order valence-corrected chi connectivity index (χ2v) is 5.69. The highest BCUT2D eigenvalue weighted by atomic mass is 32.1. The summed E-state index contributed by atoms with van der Waals surface area (Å²) in [5, 5.41) is 8.47. The zero-order valence-corrected chi connectivity index (χ0v) is 14.1. The number of halogens is 2. The molecule has 0 aliphatic carbocycles. The largest absolute Gasteiger partial charge is 0.353 e. The zero-order chi connectivity index (χ0) is 17.7. The lowest BCUT2D eigenvalue weighted by molar-refractivity contribution is -0.115. The fourth-order valence-electron chi connectivity index (χ4n) is 1.93. The summed E-state index contributed by atoms with van der Waals surface area (Å²) in [5.74, 6) is -2.41. The lowest BCUT2D eigenvalue weighted by Crippen LogP contribution is -2.35. The standard InChI is InChI=1S/C17H17F2N3OS/c1-10-3-4-12(7-11(10)2)22-17(24)20-9-16(23)21-13-5-6-14(18)15(19)8-13/h3-8H,9H2,1-2H3,(H,21,23)(H2,20,22,24). The van der Waals surface area contributed by atoms with Crippen molar-refractivity contribution in [2.75, 3.05) is 17.2 Å². The van der Waals surface area contributed by atoms with Crippen LogP contribution in [0.2, 0.25) is 0 Å². The molecule has 0 radical (unpaired) electrons. The molecule has 0 atom stereocenters. The number of amides is 1. The van der Waals surface area contributed by atoms with E-state index in [0.29, 0.717) is 5.11 Å². The SMILES string of the molecule is Cc1ccc(NC(=S)NCC(=O)Nc2ccc(F)c(F)c2)cc1C. The first-order valence-electron chi connectivity index (χ1n) is 7.22. The van der Waals surface area contributed by atoms with Gasteiger partial charge in [-0.15, -0.1) is 0 Å². The highest BCUT2D eigenvalue weighted by molar-refractivity contribution is 7.80. The molecule has 2 aromatic rings. The molecule has 0 saturated heterocycles. The second-order valence-electron chi connectivity index (χ2n) is 5.28. The third-order valence-electron chi connectivity index (χ3n) is 3.38. The van der Waals surface area contributed by atoms with Gasteiger partial charge in [0.1, 0.15) is 0 Å². The smallest absolute Gasteiger partial charge is 0.243 e. The fourth-order valence-corrected chi connectivity index (χ4v) is 2.12. The topological polar surface area (TPSA) is 53.2 Å². The van der Waals surface area contributed by atoms with Crippen molar-refractivity contribution < 1.29 is 13.6 Å². The zero-order valence-electron chi connectivity index (χ0n) is 13.2. The van der Waals surface area contributed by atoms with Gasteiger partial charge in [0.15, 0.2) is 16.7 Å². The van der Waals surface area contributed by atoms with Gasteiger partial charge in [0.2, 0.25) is 5.91 Å². The summed E-state index contributed by atoms with van der Waals surface area (Å²) in [7, 11) is 0. The summed E-state index contributed by atoms with van der Waals surface area (Å²) >= 11 is 5.12. The highest BCUT2D eigenvalue weighted by Crippen LogP contribution is 2.14. The minimum Gasteiger partial charge on any atom is -0.353 e. The van der Waals surface area contributed by atoms with Crippen LogP contribution in [-0.2, 0) is 4.79 Å². The van der Waals surface area contributed by atoms with Crippen LogP contribution >= 0.6 is 12.2 Å². The lowest BCUT2D eigenvalue weighted by atomic mass is 10.1. The second kappa shape index (κ2) is 7.83. The van der Waals surface area contributed by atoms with Crippen molar-refractivity contribution >= 4 is 34.6 Å². The molecular formula is C17H17F2N3OS. The Labute approximate surface area is 144 Å². The van der Waals surface area contributed by atoms with E-state index in [1.165, 1.54) is 11.6 Å². The Kier molecular flexibility index (Phi) is 5.81. The number of anilines is 2. The number of thiocarbonyl (C=S) groups is 1. The number of hydrogen-bond acceptors (Lipinski definition) is 2. The van der Waals surface area contributed by atoms with Crippen LogP contribution < -0.4 is 16.0 Å². The molecule has 0 fully saturated rings. The average Bonchev–Trinajstić information content (AvgIpc) is 2.53. The van der Waals surface area contributed by atoms with Gasteiger partial charge >= 0.3 is 0 Å². The first kappa shape index (κ1) is 17.8. The first-order chi connectivity index (χ1) is 11.3. The average molecular weight is 349 g/mol. The fraction of sp³-hybridized carbons (Fsp3) is 0.176. The lowest BCUT2D eigenvalue weighted by Gasteiger charge is -2.12. The first-order valence-corrected chi connectivity index (χ1v) is 7.63. The predicted octanol–water partition coefficient (Wildman–Crippen LogP) is 3.51. The van der Waals surface area contributed by atoms with Gasteiger partial charge in [0, 0.05) is 17.4 Å². The number of carbonyl (C=O) groups is 1. The molecule has 0 aliphatic heterocycles. The third kappa shape index (κ3) is 4.99. The summed E-state index contributed by atoms with van der Waals surface area (Å²) in [5.41, 5.74) is 3.29. The molecule has 0 saturated carbocycles. The van der Waals surface area contributed by atoms with Gasteiger partial charge in [-0.3, -0.25) is 4.79 Å². The van der Waals surface area contributed by atoms with Crippen LogP contribution in [0.1, 0.15) is 11.1 Å². The minimum atomic E-state index is -1.02. The van der Waals surface area contributed by atoms with Gasteiger partial charge in [-0.2, -0.15) is 0 Å². The van der Waals surface area contributed by atoms with E-state index in [-0.39, 0.29) is 12.2 Å². The van der Waals surface area contributed by atoms with E-state index in [9.17, 15) is 13.6 Å². The van der Waals surface area contributed by atoms with Crippen LogP contribution in [0.5, 0.6) is 0 Å². The van der Waals surface area contributed by atoms with Crippen LogP contribution in [0.25, 0.3) is 0 Å². The Balaban J connectivity index is 1.83. The van der Waals surface area contributed by atoms with Gasteiger partial charge in [0.05, 0.1) is 6.54 Å². The van der Waals surface area contributed by atoms with E-state index in [1.54, 1.807) is 0 Å². The van der Waals surface area contributed by atoms with Gasteiger partial charge in [-0.05, 0) is 61.5 Å². The van der Waals surface area contributed by atoms with Crippen molar-refractivity contribution in [3.63, 3.8) is 0 Å². The van der Waals surface area contributed by atoms with E-state index in [0.717, 1.165) is 23.4 Å². The summed E-state index contributed by atoms with van der Waals surface area (Å²) in [4.78, 5) is 11.8. The molecular weight excluding hydrogens is 332 g/mol. The molecule has 0 aliphatic rings. The van der Waals surface area contributed by atoms with Crippen molar-refractivity contribution in [1.29, 1.82) is 0 Å². The van der Waals surface area contributed by atoms with E-state index in [4.69, 9.17) is 12.2 Å². The van der Waals surface area contributed by atoms with Gasteiger partial charge < -0.3 is 16.0 Å². The van der Waals surface area contributed by atoms with Crippen LogP contribution in [0, 0.1) is 25.5 Å². The maximum Gasteiger partial charge on any atom is 0.243 e. The molecule has 0 aromatic heterocycles. The Bertz CT molecular complexity index is 715. The summed E-state index contributed by atoms with van der Waals surface area (Å²) in [6, 6.07) is 8.95. The van der Waals surface area contributed by atoms with Crippen LogP contribution in [0.15, 0.2) is 36.4 Å². The van der Waals surface area contributed by atoms with Crippen molar-refractivity contribution in [2.45, 2.75) is 13.8 Å².